The molecule has 2 aromatic heterocycles. The average molecular weight is 268 g/mol. The Bertz CT molecular complexity index is 484. The average Bonchev–Trinajstić information content (AvgIpc) is 2.76. The maximum atomic E-state index is 11.1. The summed E-state index contributed by atoms with van der Waals surface area (Å²) in [6.07, 6.45) is 3.69. The van der Waals surface area contributed by atoms with Gasteiger partial charge in [0.2, 0.25) is 0 Å². The van der Waals surface area contributed by atoms with E-state index in [9.17, 15) is 4.79 Å². The van der Waals surface area contributed by atoms with Gasteiger partial charge >= 0.3 is 0 Å². The van der Waals surface area contributed by atoms with Crippen LogP contribution in [0.25, 0.3) is 0 Å². The molecule has 2 rings (SSSR count). The molecule has 2 aromatic rings. The molecule has 78 valence electrons. The number of nitrogens with zero attached hydrogens (tertiary/aromatic N) is 1. The molecule has 0 saturated heterocycles. The Morgan fingerprint density at radius 1 is 1.47 bits per heavy atom. The lowest BCUT2D eigenvalue weighted by Crippen LogP contribution is -1.95. The van der Waals surface area contributed by atoms with Gasteiger partial charge in [-0.25, -0.2) is 0 Å². The number of ketones is 1. The highest BCUT2D eigenvalue weighted by Gasteiger charge is 2.04. The van der Waals surface area contributed by atoms with Crippen LogP contribution in [0.15, 0.2) is 39.7 Å². The molecule has 15 heavy (non-hydrogen) atoms. The van der Waals surface area contributed by atoms with Crippen LogP contribution in [0.4, 0.5) is 0 Å². The summed E-state index contributed by atoms with van der Waals surface area (Å²) >= 11 is 3.24. The van der Waals surface area contributed by atoms with Gasteiger partial charge in [0, 0.05) is 18.0 Å². The molecule has 0 amide bonds. The fourth-order valence-corrected chi connectivity index (χ4v) is 1.70. The van der Waals surface area contributed by atoms with Crippen molar-refractivity contribution in [3.63, 3.8) is 0 Å². The maximum Gasteiger partial charge on any atom is 0.169 e. The van der Waals surface area contributed by atoms with E-state index in [-0.39, 0.29) is 5.78 Å². The van der Waals surface area contributed by atoms with Gasteiger partial charge in [-0.1, -0.05) is 0 Å². The van der Waals surface area contributed by atoms with E-state index < -0.39 is 0 Å². The first-order valence-corrected chi connectivity index (χ1v) is 5.35. The molecule has 0 radical (unpaired) electrons. The standard InChI is InChI=1S/C11H10BrNO2/c1-8(14)9-4-5-13(6-9)7-10-2-3-11(12)15-10/h2-6H,7H2,1H3. The Morgan fingerprint density at radius 3 is 2.80 bits per heavy atom. The molecule has 0 atom stereocenters. The van der Waals surface area contributed by atoms with Gasteiger partial charge in [-0.3, -0.25) is 4.79 Å². The van der Waals surface area contributed by atoms with Gasteiger partial charge in [0.25, 0.3) is 0 Å². The molecule has 0 bridgehead atoms. The van der Waals surface area contributed by atoms with E-state index in [1.807, 2.05) is 29.1 Å². The third-order valence-electron chi connectivity index (χ3n) is 2.12. The summed E-state index contributed by atoms with van der Waals surface area (Å²) in [5, 5.41) is 0. The van der Waals surface area contributed by atoms with Crippen molar-refractivity contribution >= 4 is 21.7 Å². The van der Waals surface area contributed by atoms with Crippen LogP contribution >= 0.6 is 15.9 Å². The summed E-state index contributed by atoms with van der Waals surface area (Å²) in [5.41, 5.74) is 0.723. The summed E-state index contributed by atoms with van der Waals surface area (Å²) in [4.78, 5) is 11.1. The van der Waals surface area contributed by atoms with Crippen LogP contribution < -0.4 is 0 Å². The predicted molar refractivity (Wildman–Crippen MR) is 59.9 cm³/mol. The Morgan fingerprint density at radius 2 is 2.27 bits per heavy atom. The summed E-state index contributed by atoms with van der Waals surface area (Å²) in [6, 6.07) is 5.56. The zero-order valence-electron chi connectivity index (χ0n) is 8.24. The smallest absolute Gasteiger partial charge is 0.169 e. The Balaban J connectivity index is 2.14. The first-order chi connectivity index (χ1) is 7.15. The van der Waals surface area contributed by atoms with E-state index in [1.54, 1.807) is 13.0 Å². The SMILES string of the molecule is CC(=O)c1ccn(Cc2ccc(Br)o2)c1. The van der Waals surface area contributed by atoms with Gasteiger partial charge in [-0.2, -0.15) is 0 Å². The van der Waals surface area contributed by atoms with E-state index >= 15 is 0 Å². The normalized spacial score (nSPS) is 10.5. The molecule has 0 aromatic carbocycles. The van der Waals surface area contributed by atoms with Crippen molar-refractivity contribution in [3.8, 4) is 0 Å². The predicted octanol–water partition coefficient (Wildman–Crippen LogP) is 3.09. The van der Waals surface area contributed by atoms with Gasteiger partial charge in [-0.15, -0.1) is 0 Å². The van der Waals surface area contributed by atoms with Crippen molar-refractivity contribution in [2.45, 2.75) is 13.5 Å². The number of hydrogen-bond acceptors (Lipinski definition) is 2. The molecule has 4 heteroatoms. The quantitative estimate of drug-likeness (QED) is 0.802. The number of carbonyl (C=O) groups excluding carboxylic acids is 1. The van der Waals surface area contributed by atoms with Gasteiger partial charge < -0.3 is 8.98 Å². The first kappa shape index (κ1) is 10.2. The van der Waals surface area contributed by atoms with E-state index in [0.29, 0.717) is 6.54 Å². The molecule has 0 fully saturated rings. The van der Waals surface area contributed by atoms with Gasteiger partial charge in [0.05, 0.1) is 6.54 Å². The van der Waals surface area contributed by atoms with Crippen molar-refractivity contribution in [2.75, 3.05) is 0 Å². The third kappa shape index (κ3) is 2.39. The molecule has 0 saturated carbocycles. The van der Waals surface area contributed by atoms with Crippen LogP contribution in [0.1, 0.15) is 23.0 Å². The van der Waals surface area contributed by atoms with Crippen LogP contribution in [0.2, 0.25) is 0 Å². The Hall–Kier alpha value is -1.29. The molecule has 0 aliphatic heterocycles. The molecular formula is C11H10BrNO2. The largest absolute Gasteiger partial charge is 0.452 e. The Kier molecular flexibility index (Phi) is 2.77. The van der Waals surface area contributed by atoms with Gasteiger partial charge in [0.15, 0.2) is 10.5 Å². The van der Waals surface area contributed by atoms with E-state index in [0.717, 1.165) is 16.0 Å². The molecule has 2 heterocycles. The number of aromatic nitrogens is 1. The minimum Gasteiger partial charge on any atom is -0.452 e. The second-order valence-corrected chi connectivity index (χ2v) is 4.12. The summed E-state index contributed by atoms with van der Waals surface area (Å²) in [7, 11) is 0. The van der Waals surface area contributed by atoms with Crippen LogP contribution in [-0.4, -0.2) is 10.4 Å². The monoisotopic (exact) mass is 267 g/mol. The number of rotatable bonds is 3. The fraction of sp³-hybridized carbons (Fsp3) is 0.182. The first-order valence-electron chi connectivity index (χ1n) is 4.56. The lowest BCUT2D eigenvalue weighted by molar-refractivity contribution is 0.101. The second-order valence-electron chi connectivity index (χ2n) is 3.33. The Labute approximate surface area is 95.8 Å². The lowest BCUT2D eigenvalue weighted by atomic mass is 10.2. The van der Waals surface area contributed by atoms with Crippen LogP contribution in [0, 0.1) is 0 Å². The highest BCUT2D eigenvalue weighted by Crippen LogP contribution is 2.15. The topological polar surface area (TPSA) is 35.1 Å². The summed E-state index contributed by atoms with van der Waals surface area (Å²) in [5.74, 6) is 0.932. The number of hydrogen-bond donors (Lipinski definition) is 0. The minimum absolute atomic E-state index is 0.0781. The van der Waals surface area contributed by atoms with Crippen molar-refractivity contribution in [2.24, 2.45) is 0 Å². The highest BCUT2D eigenvalue weighted by atomic mass is 79.9. The van der Waals surface area contributed by atoms with Crippen molar-refractivity contribution in [3.05, 3.63) is 46.6 Å². The van der Waals surface area contributed by atoms with Crippen molar-refractivity contribution < 1.29 is 9.21 Å². The van der Waals surface area contributed by atoms with E-state index in [4.69, 9.17) is 4.42 Å². The number of furan rings is 1. The lowest BCUT2D eigenvalue weighted by Gasteiger charge is -1.98. The fourth-order valence-electron chi connectivity index (χ4n) is 1.36. The number of halogens is 1. The summed E-state index contributed by atoms with van der Waals surface area (Å²) in [6.45, 7) is 2.20. The molecule has 0 unspecified atom stereocenters. The number of carbonyl (C=O) groups is 1. The number of Topliss-reactive ketones (excluding diaryl/α,β-unsaturated/α-hetero) is 1. The molecule has 0 aliphatic rings. The van der Waals surface area contributed by atoms with Crippen LogP contribution in [0.5, 0.6) is 0 Å². The molecular weight excluding hydrogens is 258 g/mol. The zero-order chi connectivity index (χ0) is 10.8. The van der Waals surface area contributed by atoms with Crippen molar-refractivity contribution in [1.82, 2.24) is 4.57 Å². The highest BCUT2D eigenvalue weighted by molar-refractivity contribution is 9.10. The second kappa shape index (κ2) is 4.06. The summed E-state index contributed by atoms with van der Waals surface area (Å²) < 4.78 is 8.01. The maximum absolute atomic E-state index is 11.1. The van der Waals surface area contributed by atoms with E-state index in [2.05, 4.69) is 15.9 Å². The van der Waals surface area contributed by atoms with Crippen LogP contribution in [-0.2, 0) is 6.54 Å². The molecule has 0 spiro atoms. The van der Waals surface area contributed by atoms with Crippen molar-refractivity contribution in [1.29, 1.82) is 0 Å². The van der Waals surface area contributed by atoms with Crippen LogP contribution in [0.3, 0.4) is 0 Å². The molecule has 3 nitrogen and oxygen atoms in total. The molecule has 0 N–H and O–H groups in total. The van der Waals surface area contributed by atoms with Gasteiger partial charge in [-0.05, 0) is 41.1 Å². The minimum atomic E-state index is 0.0781. The third-order valence-corrected chi connectivity index (χ3v) is 2.55. The zero-order valence-corrected chi connectivity index (χ0v) is 9.82. The molecule has 0 aliphatic carbocycles. The van der Waals surface area contributed by atoms with Gasteiger partial charge in [0.1, 0.15) is 5.76 Å². The van der Waals surface area contributed by atoms with E-state index in [1.165, 1.54) is 0 Å².